The van der Waals surface area contributed by atoms with E-state index in [1.807, 2.05) is 0 Å². The Morgan fingerprint density at radius 3 is 2.51 bits per heavy atom. The van der Waals surface area contributed by atoms with Gasteiger partial charge in [-0.05, 0) is 42.5 Å². The van der Waals surface area contributed by atoms with E-state index in [9.17, 15) is 18.8 Å². The standard InChI is InChI=1S/C23H16BrCl2FN4O4/c24-14-8-9-17(16(27)10-14)29-20(32)12-35-19-7-2-1-4-13(19)11-28-31-23(34)22(33)30-18-6-3-5-15(25)21(18)26/h1-11H,12H2,(H,29,32)(H,30,33)(H,31,34)/b28-11-. The van der Waals surface area contributed by atoms with E-state index < -0.39 is 30.1 Å². The summed E-state index contributed by atoms with van der Waals surface area (Å²) in [6.45, 7) is -0.407. The van der Waals surface area contributed by atoms with E-state index in [4.69, 9.17) is 27.9 Å². The van der Waals surface area contributed by atoms with Crippen LogP contribution in [0, 0.1) is 5.82 Å². The summed E-state index contributed by atoms with van der Waals surface area (Å²) in [5, 5.41) is 8.80. The summed E-state index contributed by atoms with van der Waals surface area (Å²) >= 11 is 15.0. The molecule has 3 aromatic rings. The molecular weight excluding hydrogens is 566 g/mol. The van der Waals surface area contributed by atoms with Gasteiger partial charge in [-0.15, -0.1) is 0 Å². The normalized spacial score (nSPS) is 10.6. The van der Waals surface area contributed by atoms with Gasteiger partial charge in [-0.3, -0.25) is 14.4 Å². The molecule has 0 saturated heterocycles. The number of ether oxygens (including phenoxy) is 1. The average molecular weight is 582 g/mol. The fourth-order valence-electron chi connectivity index (χ4n) is 2.63. The van der Waals surface area contributed by atoms with Crippen molar-refractivity contribution in [3.63, 3.8) is 0 Å². The fraction of sp³-hybridized carbons (Fsp3) is 0.0435. The third kappa shape index (κ3) is 7.51. The minimum Gasteiger partial charge on any atom is -0.483 e. The Balaban J connectivity index is 1.56. The van der Waals surface area contributed by atoms with Gasteiger partial charge >= 0.3 is 11.8 Å². The largest absolute Gasteiger partial charge is 0.483 e. The molecule has 12 heteroatoms. The highest BCUT2D eigenvalue weighted by Gasteiger charge is 2.15. The zero-order chi connectivity index (χ0) is 25.4. The van der Waals surface area contributed by atoms with Crippen molar-refractivity contribution in [2.45, 2.75) is 0 Å². The monoisotopic (exact) mass is 580 g/mol. The first-order valence-electron chi connectivity index (χ1n) is 9.79. The molecule has 35 heavy (non-hydrogen) atoms. The second-order valence-corrected chi connectivity index (χ2v) is 8.45. The number of nitrogens with zero attached hydrogens (tertiary/aromatic N) is 1. The van der Waals surface area contributed by atoms with Crippen molar-refractivity contribution in [2.24, 2.45) is 5.10 Å². The maximum Gasteiger partial charge on any atom is 0.329 e. The quantitative estimate of drug-likeness (QED) is 0.207. The molecule has 3 aromatic carbocycles. The van der Waals surface area contributed by atoms with Gasteiger partial charge in [0.25, 0.3) is 5.91 Å². The minimum absolute atomic E-state index is 0.0108. The van der Waals surface area contributed by atoms with E-state index in [1.165, 1.54) is 30.5 Å². The molecule has 3 N–H and O–H groups in total. The number of halogens is 4. The lowest BCUT2D eigenvalue weighted by atomic mass is 10.2. The van der Waals surface area contributed by atoms with E-state index in [1.54, 1.807) is 36.4 Å². The zero-order valence-corrected chi connectivity index (χ0v) is 20.7. The molecule has 0 aliphatic carbocycles. The third-order valence-corrected chi connectivity index (χ3v) is 5.57. The molecule has 0 radical (unpaired) electrons. The van der Waals surface area contributed by atoms with Crippen molar-refractivity contribution in [3.8, 4) is 5.75 Å². The smallest absolute Gasteiger partial charge is 0.329 e. The predicted octanol–water partition coefficient (Wildman–Crippen LogP) is 5.00. The van der Waals surface area contributed by atoms with E-state index in [-0.39, 0.29) is 27.2 Å². The number of para-hydroxylation sites is 1. The summed E-state index contributed by atoms with van der Waals surface area (Å²) in [6, 6.07) is 15.3. The van der Waals surface area contributed by atoms with Crippen LogP contribution in [-0.4, -0.2) is 30.5 Å². The lowest BCUT2D eigenvalue weighted by Gasteiger charge is -2.10. The van der Waals surface area contributed by atoms with Gasteiger partial charge in [0.15, 0.2) is 6.61 Å². The molecule has 0 aromatic heterocycles. The Kier molecular flexibility index (Phi) is 9.18. The summed E-state index contributed by atoms with van der Waals surface area (Å²) in [6.07, 6.45) is 1.24. The molecular formula is C23H16BrCl2FN4O4. The molecule has 0 unspecified atom stereocenters. The van der Waals surface area contributed by atoms with Gasteiger partial charge in [0.2, 0.25) is 0 Å². The van der Waals surface area contributed by atoms with Crippen LogP contribution in [0.3, 0.4) is 0 Å². The number of rotatable bonds is 7. The van der Waals surface area contributed by atoms with Gasteiger partial charge in [-0.25, -0.2) is 9.82 Å². The first-order valence-corrected chi connectivity index (χ1v) is 11.3. The number of amides is 3. The molecule has 180 valence electrons. The first kappa shape index (κ1) is 26.1. The number of hydrogen-bond acceptors (Lipinski definition) is 5. The van der Waals surface area contributed by atoms with Crippen molar-refractivity contribution in [1.29, 1.82) is 0 Å². The van der Waals surface area contributed by atoms with Crippen LogP contribution in [0.2, 0.25) is 10.0 Å². The molecule has 0 aliphatic heterocycles. The van der Waals surface area contributed by atoms with E-state index in [0.717, 1.165) is 0 Å². The van der Waals surface area contributed by atoms with Crippen molar-refractivity contribution >= 4 is 74.4 Å². The maximum atomic E-state index is 13.9. The highest BCUT2D eigenvalue weighted by molar-refractivity contribution is 9.10. The number of carbonyl (C=O) groups excluding carboxylic acids is 3. The Hall–Kier alpha value is -3.47. The van der Waals surface area contributed by atoms with Crippen LogP contribution >= 0.6 is 39.1 Å². The van der Waals surface area contributed by atoms with E-state index in [0.29, 0.717) is 10.0 Å². The van der Waals surface area contributed by atoms with E-state index >= 15 is 0 Å². The van der Waals surface area contributed by atoms with Crippen LogP contribution in [0.15, 0.2) is 70.2 Å². The van der Waals surface area contributed by atoms with Gasteiger partial charge in [-0.1, -0.05) is 57.3 Å². The summed E-state index contributed by atoms with van der Waals surface area (Å²) in [5.41, 5.74) is 2.67. The summed E-state index contributed by atoms with van der Waals surface area (Å²) in [7, 11) is 0. The molecule has 0 atom stereocenters. The predicted molar refractivity (Wildman–Crippen MR) is 135 cm³/mol. The molecule has 0 aliphatic rings. The van der Waals surface area contributed by atoms with Crippen LogP contribution in [0.25, 0.3) is 0 Å². The van der Waals surface area contributed by atoms with Crippen molar-refractivity contribution in [2.75, 3.05) is 17.2 Å². The molecule has 0 fully saturated rings. The van der Waals surface area contributed by atoms with Crippen molar-refractivity contribution in [3.05, 3.63) is 86.6 Å². The van der Waals surface area contributed by atoms with Crippen LogP contribution < -0.4 is 20.8 Å². The SMILES string of the molecule is O=C(COc1ccccc1/C=N\NC(=O)C(=O)Nc1cccc(Cl)c1Cl)Nc1ccc(Br)cc1F. The highest BCUT2D eigenvalue weighted by Crippen LogP contribution is 2.29. The maximum absolute atomic E-state index is 13.9. The number of carbonyl (C=O) groups is 3. The zero-order valence-electron chi connectivity index (χ0n) is 17.7. The average Bonchev–Trinajstić information content (AvgIpc) is 2.83. The van der Waals surface area contributed by atoms with Gasteiger partial charge in [0.1, 0.15) is 11.6 Å². The second-order valence-electron chi connectivity index (χ2n) is 6.75. The van der Waals surface area contributed by atoms with Crippen molar-refractivity contribution < 1.29 is 23.5 Å². The van der Waals surface area contributed by atoms with Gasteiger partial charge in [0, 0.05) is 10.0 Å². The third-order valence-electron chi connectivity index (χ3n) is 4.26. The van der Waals surface area contributed by atoms with Crippen LogP contribution in [0.4, 0.5) is 15.8 Å². The molecule has 0 heterocycles. The van der Waals surface area contributed by atoms with E-state index in [2.05, 4.69) is 37.1 Å². The molecule has 3 amide bonds. The highest BCUT2D eigenvalue weighted by atomic mass is 79.9. The van der Waals surface area contributed by atoms with Crippen LogP contribution in [0.5, 0.6) is 5.75 Å². The molecule has 8 nitrogen and oxygen atoms in total. The van der Waals surface area contributed by atoms with Gasteiger partial charge < -0.3 is 15.4 Å². The molecule has 0 saturated carbocycles. The molecule has 0 spiro atoms. The van der Waals surface area contributed by atoms with Crippen LogP contribution in [0.1, 0.15) is 5.56 Å². The first-order chi connectivity index (χ1) is 16.7. The lowest BCUT2D eigenvalue weighted by Crippen LogP contribution is -2.32. The number of nitrogens with one attached hydrogen (secondary N) is 3. The molecule has 0 bridgehead atoms. The Morgan fingerprint density at radius 1 is 0.971 bits per heavy atom. The number of benzene rings is 3. The number of anilines is 2. The molecule has 3 rings (SSSR count). The Labute approximate surface area is 217 Å². The second kappa shape index (κ2) is 12.3. The Morgan fingerprint density at radius 2 is 1.74 bits per heavy atom. The van der Waals surface area contributed by atoms with Gasteiger partial charge in [0.05, 0.1) is 27.6 Å². The minimum atomic E-state index is -1.05. The fourth-order valence-corrected chi connectivity index (χ4v) is 3.31. The van der Waals surface area contributed by atoms with Crippen LogP contribution in [-0.2, 0) is 14.4 Å². The van der Waals surface area contributed by atoms with Crippen molar-refractivity contribution in [1.82, 2.24) is 5.43 Å². The topological polar surface area (TPSA) is 109 Å². The summed E-state index contributed by atoms with van der Waals surface area (Å²) < 4.78 is 19.9. The Bertz CT molecular complexity index is 1310. The lowest BCUT2D eigenvalue weighted by molar-refractivity contribution is -0.136. The summed E-state index contributed by atoms with van der Waals surface area (Å²) in [5.74, 6) is -2.97. The number of hydrogen-bond donors (Lipinski definition) is 3. The number of hydrazone groups is 1. The summed E-state index contributed by atoms with van der Waals surface area (Å²) in [4.78, 5) is 36.2. The van der Waals surface area contributed by atoms with Gasteiger partial charge in [-0.2, -0.15) is 5.10 Å².